The second-order valence-electron chi connectivity index (χ2n) is 4.48. The number of aliphatic hydroxyl groups excluding tert-OH is 1. The average molecular weight is 314 g/mol. The third kappa shape index (κ3) is 7.21. The van der Waals surface area contributed by atoms with Gasteiger partial charge in [-0.3, -0.25) is 0 Å². The Morgan fingerprint density at radius 3 is 2.35 bits per heavy atom. The predicted octanol–water partition coefficient (Wildman–Crippen LogP) is 3.09. The third-order valence-corrected chi connectivity index (χ3v) is 3.93. The van der Waals surface area contributed by atoms with Crippen LogP contribution in [0, 0.1) is 5.92 Å². The summed E-state index contributed by atoms with van der Waals surface area (Å²) >= 11 is -2.11. The summed E-state index contributed by atoms with van der Waals surface area (Å²) in [4.78, 5) is 0. The molecular formula is C13H21F3O3S. The largest absolute Gasteiger partial charge is 0.395 e. The van der Waals surface area contributed by atoms with Gasteiger partial charge in [-0.2, -0.15) is 0 Å². The molecule has 0 aromatic rings. The molecule has 0 fully saturated rings. The lowest BCUT2D eigenvalue weighted by atomic mass is 10.0. The highest BCUT2D eigenvalue weighted by atomic mass is 32.2. The lowest BCUT2D eigenvalue weighted by Crippen LogP contribution is -2.20. The highest BCUT2D eigenvalue weighted by Gasteiger charge is 2.24. The van der Waals surface area contributed by atoms with E-state index < -0.39 is 41.5 Å². The molecule has 2 N–H and O–H groups in total. The van der Waals surface area contributed by atoms with Gasteiger partial charge in [-0.25, -0.2) is 17.4 Å². The van der Waals surface area contributed by atoms with Crippen molar-refractivity contribution in [1.82, 2.24) is 0 Å². The molecule has 0 aliphatic carbocycles. The molecule has 0 aromatic heterocycles. The zero-order chi connectivity index (χ0) is 15.7. The van der Waals surface area contributed by atoms with Crippen LogP contribution in [-0.2, 0) is 11.1 Å². The lowest BCUT2D eigenvalue weighted by Gasteiger charge is -2.13. The van der Waals surface area contributed by atoms with Crippen molar-refractivity contribution >= 4 is 11.1 Å². The normalized spacial score (nSPS) is 19.3. The molecule has 0 amide bonds. The average Bonchev–Trinajstić information content (AvgIpc) is 2.40. The Kier molecular flexibility index (Phi) is 9.79. The van der Waals surface area contributed by atoms with Gasteiger partial charge in [0.2, 0.25) is 0 Å². The highest BCUT2D eigenvalue weighted by Crippen LogP contribution is 2.19. The molecule has 0 aromatic carbocycles. The van der Waals surface area contributed by atoms with Crippen LogP contribution in [0.3, 0.4) is 0 Å². The second-order valence-corrected chi connectivity index (χ2v) is 5.70. The van der Waals surface area contributed by atoms with E-state index in [0.29, 0.717) is 6.42 Å². The number of rotatable bonds is 9. The van der Waals surface area contributed by atoms with Crippen LogP contribution in [-0.4, -0.2) is 38.3 Å². The predicted molar refractivity (Wildman–Crippen MR) is 73.8 cm³/mol. The van der Waals surface area contributed by atoms with E-state index in [2.05, 4.69) is 0 Å². The molecule has 0 rings (SSSR count). The van der Waals surface area contributed by atoms with Crippen LogP contribution in [0.15, 0.2) is 23.8 Å². The van der Waals surface area contributed by atoms with E-state index in [9.17, 15) is 17.4 Å². The molecule has 3 nitrogen and oxygen atoms in total. The molecular weight excluding hydrogens is 293 g/mol. The van der Waals surface area contributed by atoms with Gasteiger partial charge >= 0.3 is 0 Å². The van der Waals surface area contributed by atoms with Crippen molar-refractivity contribution in [3.05, 3.63) is 23.8 Å². The first-order valence-electron chi connectivity index (χ1n) is 6.29. The van der Waals surface area contributed by atoms with Gasteiger partial charge in [-0.15, -0.1) is 0 Å². The molecule has 0 spiro atoms. The number of allylic oxidation sites excluding steroid dienone is 4. The molecule has 4 atom stereocenters. The molecule has 118 valence electrons. The molecule has 20 heavy (non-hydrogen) atoms. The number of halogens is 3. The summed E-state index contributed by atoms with van der Waals surface area (Å²) in [6.45, 7) is 2.69. The van der Waals surface area contributed by atoms with Crippen LogP contribution in [0.5, 0.6) is 0 Å². The van der Waals surface area contributed by atoms with Crippen molar-refractivity contribution in [3.8, 4) is 0 Å². The standard InChI is InChI=1S/C13H21F3O3S/c1-3-10(6-7-11(8-17)20(18)19)5-4-9(2)12(14)13(15)16/h3-5,9,11-13,17H,6-8H2,1-2H3,(H,18,19)/b5-4-,10-3+. The minimum absolute atomic E-state index is 0.284. The first kappa shape index (κ1) is 19.3. The van der Waals surface area contributed by atoms with E-state index in [1.807, 2.05) is 0 Å². The van der Waals surface area contributed by atoms with Gasteiger partial charge in [0.1, 0.15) is 0 Å². The van der Waals surface area contributed by atoms with E-state index in [1.54, 1.807) is 13.0 Å². The van der Waals surface area contributed by atoms with Gasteiger partial charge in [0, 0.05) is 5.92 Å². The van der Waals surface area contributed by atoms with E-state index >= 15 is 0 Å². The number of aliphatic hydroxyl groups is 1. The summed E-state index contributed by atoms with van der Waals surface area (Å²) in [6.07, 6.45) is 0.0750. The zero-order valence-electron chi connectivity index (χ0n) is 11.5. The third-order valence-electron chi connectivity index (χ3n) is 2.97. The molecule has 0 heterocycles. The van der Waals surface area contributed by atoms with E-state index in [4.69, 9.17) is 9.66 Å². The van der Waals surface area contributed by atoms with Crippen molar-refractivity contribution in [2.45, 2.75) is 44.5 Å². The van der Waals surface area contributed by atoms with Crippen molar-refractivity contribution in [3.63, 3.8) is 0 Å². The highest BCUT2D eigenvalue weighted by molar-refractivity contribution is 7.79. The molecule has 0 aliphatic heterocycles. The molecule has 0 saturated heterocycles. The molecule has 0 aliphatic rings. The second kappa shape index (κ2) is 10.1. The van der Waals surface area contributed by atoms with Crippen molar-refractivity contribution in [2.75, 3.05) is 6.61 Å². The molecule has 0 saturated carbocycles. The summed E-state index contributed by atoms with van der Waals surface area (Å²) in [7, 11) is 0. The summed E-state index contributed by atoms with van der Waals surface area (Å²) in [5.74, 6) is -0.912. The van der Waals surface area contributed by atoms with Gasteiger partial charge in [0.15, 0.2) is 17.3 Å². The van der Waals surface area contributed by atoms with Gasteiger partial charge < -0.3 is 9.66 Å². The fraction of sp³-hybridized carbons (Fsp3) is 0.692. The van der Waals surface area contributed by atoms with Crippen LogP contribution in [0.2, 0.25) is 0 Å². The van der Waals surface area contributed by atoms with Crippen molar-refractivity contribution in [2.24, 2.45) is 5.92 Å². The fourth-order valence-electron chi connectivity index (χ4n) is 1.52. The summed E-state index contributed by atoms with van der Waals surface area (Å²) < 4.78 is 57.1. The molecule has 7 heteroatoms. The van der Waals surface area contributed by atoms with E-state index in [0.717, 1.165) is 5.57 Å². The Labute approximate surface area is 119 Å². The Bertz CT molecular complexity index is 359. The maximum absolute atomic E-state index is 13.0. The van der Waals surface area contributed by atoms with E-state index in [1.165, 1.54) is 19.1 Å². The minimum atomic E-state index is -3.01. The zero-order valence-corrected chi connectivity index (χ0v) is 12.3. The molecule has 0 radical (unpaired) electrons. The Hall–Kier alpha value is -0.660. The van der Waals surface area contributed by atoms with Crippen LogP contribution < -0.4 is 0 Å². The van der Waals surface area contributed by atoms with Gasteiger partial charge in [-0.05, 0) is 19.8 Å². The Morgan fingerprint density at radius 2 is 1.95 bits per heavy atom. The van der Waals surface area contributed by atoms with Crippen LogP contribution in [0.25, 0.3) is 0 Å². The number of hydrogen-bond acceptors (Lipinski definition) is 2. The number of hydrogen-bond donors (Lipinski definition) is 2. The topological polar surface area (TPSA) is 57.5 Å². The minimum Gasteiger partial charge on any atom is -0.395 e. The summed E-state index contributed by atoms with van der Waals surface area (Å²) in [5.41, 5.74) is 0.738. The smallest absolute Gasteiger partial charge is 0.269 e. The first-order valence-corrected chi connectivity index (χ1v) is 7.46. The lowest BCUT2D eigenvalue weighted by molar-refractivity contribution is 0.0313. The Morgan fingerprint density at radius 1 is 1.35 bits per heavy atom. The Balaban J connectivity index is 4.46. The quantitative estimate of drug-likeness (QED) is 0.508. The van der Waals surface area contributed by atoms with Crippen molar-refractivity contribution in [1.29, 1.82) is 0 Å². The van der Waals surface area contributed by atoms with Crippen LogP contribution in [0.4, 0.5) is 13.2 Å². The maximum Gasteiger partial charge on any atom is 0.269 e. The van der Waals surface area contributed by atoms with Gasteiger partial charge in [-0.1, -0.05) is 30.7 Å². The summed E-state index contributed by atoms with van der Waals surface area (Å²) in [6, 6.07) is 0. The van der Waals surface area contributed by atoms with Crippen LogP contribution in [0.1, 0.15) is 26.7 Å². The SMILES string of the molecule is C/C=C(\C=C/C(C)C(F)C(F)F)CCC(CO)S(=O)O. The van der Waals surface area contributed by atoms with Crippen molar-refractivity contribution < 1.29 is 27.0 Å². The fourth-order valence-corrected chi connectivity index (χ4v) is 1.97. The molecule has 0 bridgehead atoms. The van der Waals surface area contributed by atoms with Gasteiger partial charge in [0.25, 0.3) is 6.43 Å². The monoisotopic (exact) mass is 314 g/mol. The van der Waals surface area contributed by atoms with Gasteiger partial charge in [0.05, 0.1) is 11.9 Å². The maximum atomic E-state index is 13.0. The van der Waals surface area contributed by atoms with E-state index in [-0.39, 0.29) is 6.42 Å². The molecule has 4 unspecified atom stereocenters. The summed E-state index contributed by atoms with van der Waals surface area (Å²) in [5, 5.41) is 8.17. The van der Waals surface area contributed by atoms with Crippen LogP contribution >= 0.6 is 0 Å². The first-order chi connectivity index (χ1) is 9.33. The number of alkyl halides is 3.